The van der Waals surface area contributed by atoms with Gasteiger partial charge >= 0.3 is 0 Å². The van der Waals surface area contributed by atoms with Crippen molar-refractivity contribution in [3.05, 3.63) is 40.5 Å². The molecule has 0 saturated carbocycles. The minimum absolute atomic E-state index is 0.257. The largest absolute Gasteiger partial charge is 0.397 e. The lowest BCUT2D eigenvalue weighted by Gasteiger charge is -2.01. The molecule has 0 spiro atoms. The minimum Gasteiger partial charge on any atom is -0.397 e. The first-order valence-electron chi connectivity index (χ1n) is 5.74. The fourth-order valence-corrected chi connectivity index (χ4v) is 2.86. The predicted octanol–water partition coefficient (Wildman–Crippen LogP) is 4.03. The van der Waals surface area contributed by atoms with Crippen LogP contribution in [-0.4, -0.2) is 0 Å². The zero-order valence-corrected chi connectivity index (χ0v) is 10.9. The number of nitrogens with zero attached hydrogens (tertiary/aromatic N) is 1. The highest BCUT2D eigenvalue weighted by atomic mass is 32.1. The third-order valence-corrected chi connectivity index (χ3v) is 3.84. The van der Waals surface area contributed by atoms with Gasteiger partial charge in [-0.25, -0.2) is 4.39 Å². The zero-order valence-electron chi connectivity index (χ0n) is 10.0. The Kier molecular flexibility index (Phi) is 3.63. The molecule has 1 heterocycles. The molecule has 0 aliphatic carbocycles. The molecule has 0 aliphatic rings. The number of fused-ring (bicyclic) bond motifs is 1. The van der Waals surface area contributed by atoms with E-state index in [-0.39, 0.29) is 5.82 Å². The molecule has 0 fully saturated rings. The van der Waals surface area contributed by atoms with Crippen LogP contribution in [0.15, 0.2) is 29.8 Å². The molecule has 1 aromatic heterocycles. The third kappa shape index (κ3) is 2.36. The first-order chi connectivity index (χ1) is 8.65. The van der Waals surface area contributed by atoms with Gasteiger partial charge in [0.1, 0.15) is 5.82 Å². The van der Waals surface area contributed by atoms with Crippen molar-refractivity contribution < 1.29 is 4.39 Å². The van der Waals surface area contributed by atoms with Gasteiger partial charge in [0.05, 0.1) is 22.2 Å². The fraction of sp³-hybridized carbons (Fsp3) is 0.214. The van der Waals surface area contributed by atoms with Crippen LogP contribution in [0.4, 0.5) is 4.39 Å². The molecule has 2 N–H and O–H groups in total. The van der Waals surface area contributed by atoms with Crippen LogP contribution < -0.4 is 5.73 Å². The Balaban J connectivity index is 2.51. The highest BCUT2D eigenvalue weighted by Crippen LogP contribution is 2.31. The van der Waals surface area contributed by atoms with Gasteiger partial charge in [-0.15, -0.1) is 11.3 Å². The molecular formula is C14H13FN2S. The SMILES string of the molecule is CCC/C(C#N)=C(/N)c1cc2ccc(F)cc2s1. The van der Waals surface area contributed by atoms with Crippen molar-refractivity contribution >= 4 is 27.1 Å². The molecule has 0 amide bonds. The van der Waals surface area contributed by atoms with Gasteiger partial charge in [0.2, 0.25) is 0 Å². The summed E-state index contributed by atoms with van der Waals surface area (Å²) >= 11 is 1.42. The van der Waals surface area contributed by atoms with E-state index in [1.54, 1.807) is 6.07 Å². The number of hydrogen-bond acceptors (Lipinski definition) is 3. The van der Waals surface area contributed by atoms with Crippen LogP contribution in [0.1, 0.15) is 24.6 Å². The number of nitriles is 1. The first-order valence-corrected chi connectivity index (χ1v) is 6.55. The van der Waals surface area contributed by atoms with Crippen LogP contribution in [0.3, 0.4) is 0 Å². The minimum atomic E-state index is -0.257. The summed E-state index contributed by atoms with van der Waals surface area (Å²) in [6.45, 7) is 2.00. The molecule has 2 nitrogen and oxygen atoms in total. The highest BCUT2D eigenvalue weighted by molar-refractivity contribution is 7.20. The molecule has 18 heavy (non-hydrogen) atoms. The summed E-state index contributed by atoms with van der Waals surface area (Å²) in [4.78, 5) is 0.834. The summed E-state index contributed by atoms with van der Waals surface area (Å²) in [7, 11) is 0. The van der Waals surface area contributed by atoms with Crippen molar-refractivity contribution in [1.82, 2.24) is 0 Å². The number of hydrogen-bond donors (Lipinski definition) is 1. The maximum atomic E-state index is 13.1. The molecule has 0 atom stereocenters. The van der Waals surface area contributed by atoms with Crippen molar-refractivity contribution in [3.8, 4) is 6.07 Å². The molecule has 0 unspecified atom stereocenters. The van der Waals surface area contributed by atoms with Crippen LogP contribution in [0, 0.1) is 17.1 Å². The number of rotatable bonds is 3. The van der Waals surface area contributed by atoms with Crippen molar-refractivity contribution in [1.29, 1.82) is 5.26 Å². The Bertz CT molecular complexity index is 649. The second kappa shape index (κ2) is 5.19. The summed E-state index contributed by atoms with van der Waals surface area (Å²) in [6.07, 6.45) is 1.55. The monoisotopic (exact) mass is 260 g/mol. The summed E-state index contributed by atoms with van der Waals surface area (Å²) < 4.78 is 14.0. The normalized spacial score (nSPS) is 12.3. The smallest absolute Gasteiger partial charge is 0.124 e. The predicted molar refractivity (Wildman–Crippen MR) is 73.4 cm³/mol. The first kappa shape index (κ1) is 12.6. The molecule has 0 aliphatic heterocycles. The second-order valence-electron chi connectivity index (χ2n) is 4.05. The average Bonchev–Trinajstić information content (AvgIpc) is 2.77. The Morgan fingerprint density at radius 2 is 2.22 bits per heavy atom. The van der Waals surface area contributed by atoms with Gasteiger partial charge in [0.15, 0.2) is 0 Å². The Morgan fingerprint density at radius 1 is 1.44 bits per heavy atom. The molecule has 0 bridgehead atoms. The van der Waals surface area contributed by atoms with Gasteiger partial charge in [-0.05, 0) is 30.0 Å². The molecule has 4 heteroatoms. The number of halogens is 1. The van der Waals surface area contributed by atoms with Crippen molar-refractivity contribution in [2.24, 2.45) is 5.73 Å². The lowest BCUT2D eigenvalue weighted by molar-refractivity contribution is 0.630. The molecule has 1 aromatic carbocycles. The van der Waals surface area contributed by atoms with Gasteiger partial charge in [-0.2, -0.15) is 5.26 Å². The number of allylic oxidation sites excluding steroid dienone is 1. The van der Waals surface area contributed by atoms with E-state index in [9.17, 15) is 4.39 Å². The van der Waals surface area contributed by atoms with Gasteiger partial charge in [0.25, 0.3) is 0 Å². The molecule has 2 rings (SSSR count). The lowest BCUT2D eigenvalue weighted by atomic mass is 10.1. The Labute approximate surface area is 109 Å². The summed E-state index contributed by atoms with van der Waals surface area (Å²) in [5.74, 6) is -0.257. The third-order valence-electron chi connectivity index (χ3n) is 2.71. The van der Waals surface area contributed by atoms with E-state index in [1.807, 2.05) is 13.0 Å². The van der Waals surface area contributed by atoms with Crippen LogP contribution in [0.2, 0.25) is 0 Å². The molecular weight excluding hydrogens is 247 g/mol. The van der Waals surface area contributed by atoms with E-state index in [4.69, 9.17) is 11.0 Å². The average molecular weight is 260 g/mol. The van der Waals surface area contributed by atoms with E-state index in [1.165, 1.54) is 23.5 Å². The van der Waals surface area contributed by atoms with E-state index >= 15 is 0 Å². The highest BCUT2D eigenvalue weighted by Gasteiger charge is 2.09. The quantitative estimate of drug-likeness (QED) is 0.847. The summed E-state index contributed by atoms with van der Waals surface area (Å²) in [6, 6.07) is 8.69. The number of thiophene rings is 1. The Hall–Kier alpha value is -1.86. The zero-order chi connectivity index (χ0) is 13.1. The fourth-order valence-electron chi connectivity index (χ4n) is 1.79. The van der Waals surface area contributed by atoms with E-state index in [2.05, 4.69) is 6.07 Å². The summed E-state index contributed by atoms with van der Waals surface area (Å²) in [5, 5.41) is 10.0. The molecule has 0 saturated heterocycles. The maximum absolute atomic E-state index is 13.1. The maximum Gasteiger partial charge on any atom is 0.124 e. The molecule has 0 radical (unpaired) electrons. The molecule has 2 aromatic rings. The van der Waals surface area contributed by atoms with E-state index in [0.29, 0.717) is 17.7 Å². The topological polar surface area (TPSA) is 49.8 Å². The van der Waals surface area contributed by atoms with Crippen molar-refractivity contribution in [3.63, 3.8) is 0 Å². The summed E-state index contributed by atoms with van der Waals surface area (Å²) in [5.41, 5.74) is 7.13. The van der Waals surface area contributed by atoms with Crippen LogP contribution in [0.5, 0.6) is 0 Å². The van der Waals surface area contributed by atoms with Crippen LogP contribution in [-0.2, 0) is 0 Å². The number of nitrogens with two attached hydrogens (primary N) is 1. The van der Waals surface area contributed by atoms with Crippen LogP contribution in [0.25, 0.3) is 15.8 Å². The van der Waals surface area contributed by atoms with Crippen molar-refractivity contribution in [2.45, 2.75) is 19.8 Å². The van der Waals surface area contributed by atoms with Crippen LogP contribution >= 0.6 is 11.3 Å². The van der Waals surface area contributed by atoms with Gasteiger partial charge < -0.3 is 5.73 Å². The standard InChI is InChI=1S/C14H13FN2S/c1-2-3-10(8-16)14(17)13-6-9-4-5-11(15)7-12(9)18-13/h4-7H,2-3,17H2,1H3/b14-10-. The lowest BCUT2D eigenvalue weighted by Crippen LogP contribution is -1.98. The van der Waals surface area contributed by atoms with E-state index in [0.717, 1.165) is 21.4 Å². The second-order valence-corrected chi connectivity index (χ2v) is 5.13. The number of benzene rings is 1. The molecule has 92 valence electrons. The Morgan fingerprint density at radius 3 is 2.89 bits per heavy atom. The van der Waals surface area contributed by atoms with Gasteiger partial charge in [-0.1, -0.05) is 19.4 Å². The van der Waals surface area contributed by atoms with Gasteiger partial charge in [0, 0.05) is 4.70 Å². The van der Waals surface area contributed by atoms with E-state index < -0.39 is 0 Å². The van der Waals surface area contributed by atoms with Crippen molar-refractivity contribution in [2.75, 3.05) is 0 Å². The van der Waals surface area contributed by atoms with Gasteiger partial charge in [-0.3, -0.25) is 0 Å².